The third-order valence-corrected chi connectivity index (χ3v) is 5.42. The molecule has 1 heterocycles. The monoisotopic (exact) mass is 449 g/mol. The molecular formula is C26H27NO6. The minimum atomic E-state index is -0.766. The van der Waals surface area contributed by atoms with Gasteiger partial charge >= 0.3 is 11.9 Å². The van der Waals surface area contributed by atoms with Gasteiger partial charge in [-0.15, -0.1) is 0 Å². The van der Waals surface area contributed by atoms with Crippen LogP contribution < -0.4 is 5.32 Å². The summed E-state index contributed by atoms with van der Waals surface area (Å²) in [6, 6.07) is 15.9. The second-order valence-corrected chi connectivity index (χ2v) is 7.58. The first-order chi connectivity index (χ1) is 15.9. The second-order valence-electron chi connectivity index (χ2n) is 7.58. The Hall–Kier alpha value is -3.71. The number of nitrogens with one attached hydrogen (secondary N) is 1. The Labute approximate surface area is 193 Å². The van der Waals surface area contributed by atoms with E-state index in [1.54, 1.807) is 62.4 Å². The topological polar surface area (TPSA) is 90.9 Å². The van der Waals surface area contributed by atoms with Crippen LogP contribution in [0.3, 0.4) is 0 Å². The lowest BCUT2D eigenvalue weighted by atomic mass is 9.79. The summed E-state index contributed by atoms with van der Waals surface area (Å²) in [5.74, 6) is -2.07. The SMILES string of the molecule is COCCOC(=O)C1=C(C)NC(C)=C(C(=O)OC)C1c1cccc(C(=O)c2ccccc2)c1. The van der Waals surface area contributed by atoms with E-state index >= 15 is 0 Å². The molecule has 0 saturated heterocycles. The van der Waals surface area contributed by atoms with Crippen molar-refractivity contribution in [2.45, 2.75) is 19.8 Å². The standard InChI is InChI=1S/C26H27NO6/c1-16-21(25(29)32-4)23(22(17(2)27-16)26(30)33-14-13-31-3)19-11-8-12-20(15-19)24(28)18-9-6-5-7-10-18/h5-12,15,23,27H,13-14H2,1-4H3. The van der Waals surface area contributed by atoms with Crippen molar-refractivity contribution in [3.8, 4) is 0 Å². The molecule has 7 heteroatoms. The average molecular weight is 450 g/mol. The van der Waals surface area contributed by atoms with Crippen LogP contribution in [-0.4, -0.2) is 45.2 Å². The number of hydrogen-bond acceptors (Lipinski definition) is 7. The molecule has 0 aromatic heterocycles. The van der Waals surface area contributed by atoms with E-state index in [0.717, 1.165) is 0 Å². The molecule has 0 bridgehead atoms. The zero-order valence-corrected chi connectivity index (χ0v) is 19.1. The third-order valence-electron chi connectivity index (χ3n) is 5.42. The molecule has 1 aliphatic rings. The number of methoxy groups -OCH3 is 2. The predicted molar refractivity (Wildman–Crippen MR) is 122 cm³/mol. The van der Waals surface area contributed by atoms with Crippen molar-refractivity contribution in [3.05, 3.63) is 93.8 Å². The normalized spacial score (nSPS) is 15.7. The summed E-state index contributed by atoms with van der Waals surface area (Å²) < 4.78 is 15.4. The molecule has 0 spiro atoms. The van der Waals surface area contributed by atoms with E-state index < -0.39 is 17.9 Å². The largest absolute Gasteiger partial charge is 0.466 e. The first-order valence-electron chi connectivity index (χ1n) is 10.5. The van der Waals surface area contributed by atoms with Crippen molar-refractivity contribution in [1.29, 1.82) is 0 Å². The maximum Gasteiger partial charge on any atom is 0.336 e. The quantitative estimate of drug-likeness (QED) is 0.375. The van der Waals surface area contributed by atoms with Gasteiger partial charge < -0.3 is 19.5 Å². The molecule has 2 aromatic rings. The van der Waals surface area contributed by atoms with E-state index in [9.17, 15) is 14.4 Å². The molecule has 1 atom stereocenters. The van der Waals surface area contributed by atoms with E-state index in [0.29, 0.717) is 28.1 Å². The Bertz CT molecular complexity index is 1120. The lowest BCUT2D eigenvalue weighted by Crippen LogP contribution is -2.32. The van der Waals surface area contributed by atoms with Gasteiger partial charge in [0.05, 0.1) is 30.8 Å². The summed E-state index contributed by atoms with van der Waals surface area (Å²) in [5, 5.41) is 3.09. The van der Waals surface area contributed by atoms with Crippen molar-refractivity contribution in [2.75, 3.05) is 27.4 Å². The van der Waals surface area contributed by atoms with E-state index in [1.165, 1.54) is 14.2 Å². The molecule has 172 valence electrons. The maximum atomic E-state index is 13.1. The zero-order valence-electron chi connectivity index (χ0n) is 19.1. The fraction of sp³-hybridized carbons (Fsp3) is 0.269. The van der Waals surface area contributed by atoms with Crippen LogP contribution in [0.1, 0.15) is 41.3 Å². The van der Waals surface area contributed by atoms with E-state index in [4.69, 9.17) is 14.2 Å². The lowest BCUT2D eigenvalue weighted by molar-refractivity contribution is -0.140. The minimum absolute atomic E-state index is 0.0711. The molecule has 3 rings (SSSR count). The first kappa shape index (κ1) is 23.9. The molecule has 1 N–H and O–H groups in total. The van der Waals surface area contributed by atoms with Crippen molar-refractivity contribution < 1.29 is 28.6 Å². The van der Waals surface area contributed by atoms with Gasteiger partial charge in [0.15, 0.2) is 5.78 Å². The Balaban J connectivity index is 2.09. The van der Waals surface area contributed by atoms with Gasteiger partial charge in [0, 0.05) is 29.6 Å². The Morgan fingerprint density at radius 2 is 1.45 bits per heavy atom. The highest BCUT2D eigenvalue weighted by Gasteiger charge is 2.38. The summed E-state index contributed by atoms with van der Waals surface area (Å²) in [6.07, 6.45) is 0. The highest BCUT2D eigenvalue weighted by atomic mass is 16.6. The van der Waals surface area contributed by atoms with E-state index in [1.807, 2.05) is 6.07 Å². The van der Waals surface area contributed by atoms with E-state index in [-0.39, 0.29) is 30.1 Å². The lowest BCUT2D eigenvalue weighted by Gasteiger charge is -2.30. The van der Waals surface area contributed by atoms with Gasteiger partial charge in [-0.05, 0) is 25.5 Å². The maximum absolute atomic E-state index is 13.1. The predicted octanol–water partition coefficient (Wildman–Crippen LogP) is 3.52. The van der Waals surface area contributed by atoms with Crippen LogP contribution in [0.15, 0.2) is 77.1 Å². The molecule has 1 aliphatic heterocycles. The van der Waals surface area contributed by atoms with Crippen LogP contribution in [0.4, 0.5) is 0 Å². The number of dihydropyridines is 1. The van der Waals surface area contributed by atoms with Gasteiger partial charge in [0.1, 0.15) is 6.61 Å². The Morgan fingerprint density at radius 1 is 0.818 bits per heavy atom. The smallest absolute Gasteiger partial charge is 0.336 e. The molecule has 0 saturated carbocycles. The minimum Gasteiger partial charge on any atom is -0.466 e. The number of ether oxygens (including phenoxy) is 3. The molecule has 2 aromatic carbocycles. The van der Waals surface area contributed by atoms with E-state index in [2.05, 4.69) is 5.32 Å². The van der Waals surface area contributed by atoms with Gasteiger partial charge in [-0.25, -0.2) is 9.59 Å². The average Bonchev–Trinajstić information content (AvgIpc) is 2.83. The fourth-order valence-corrected chi connectivity index (χ4v) is 3.89. The molecule has 0 amide bonds. The number of ketones is 1. The highest BCUT2D eigenvalue weighted by molar-refractivity contribution is 6.09. The third kappa shape index (κ3) is 5.21. The second kappa shape index (κ2) is 10.7. The first-order valence-corrected chi connectivity index (χ1v) is 10.5. The van der Waals surface area contributed by atoms with Gasteiger partial charge in [-0.3, -0.25) is 4.79 Å². The molecule has 0 radical (unpaired) electrons. The van der Waals surface area contributed by atoms with Crippen LogP contribution >= 0.6 is 0 Å². The summed E-state index contributed by atoms with van der Waals surface area (Å²) in [5.41, 5.74) is 3.29. The molecule has 0 fully saturated rings. The van der Waals surface area contributed by atoms with Crippen LogP contribution in [0.2, 0.25) is 0 Å². The van der Waals surface area contributed by atoms with Gasteiger partial charge in [-0.1, -0.05) is 48.5 Å². The highest BCUT2D eigenvalue weighted by Crippen LogP contribution is 2.39. The number of benzene rings is 2. The van der Waals surface area contributed by atoms with Gasteiger partial charge in [-0.2, -0.15) is 0 Å². The number of hydrogen-bond donors (Lipinski definition) is 1. The molecule has 33 heavy (non-hydrogen) atoms. The van der Waals surface area contributed by atoms with Crippen LogP contribution in [0.5, 0.6) is 0 Å². The van der Waals surface area contributed by atoms with Crippen LogP contribution in [0.25, 0.3) is 0 Å². The molecular weight excluding hydrogens is 422 g/mol. The Morgan fingerprint density at radius 3 is 2.09 bits per heavy atom. The van der Waals surface area contributed by atoms with Crippen LogP contribution in [-0.2, 0) is 23.8 Å². The summed E-state index contributed by atoms with van der Waals surface area (Å²) in [4.78, 5) is 38.8. The summed E-state index contributed by atoms with van der Waals surface area (Å²) in [7, 11) is 2.80. The van der Waals surface area contributed by atoms with Crippen molar-refractivity contribution in [3.63, 3.8) is 0 Å². The summed E-state index contributed by atoms with van der Waals surface area (Å²) >= 11 is 0. The van der Waals surface area contributed by atoms with Crippen LogP contribution in [0, 0.1) is 0 Å². The van der Waals surface area contributed by atoms with Gasteiger partial charge in [0.25, 0.3) is 0 Å². The van der Waals surface area contributed by atoms with Crippen molar-refractivity contribution in [1.82, 2.24) is 5.32 Å². The molecule has 0 aliphatic carbocycles. The fourth-order valence-electron chi connectivity index (χ4n) is 3.89. The number of carbonyl (C=O) groups excluding carboxylic acids is 3. The molecule has 1 unspecified atom stereocenters. The zero-order chi connectivity index (χ0) is 24.0. The number of allylic oxidation sites excluding steroid dienone is 2. The summed E-state index contributed by atoms with van der Waals surface area (Å²) in [6.45, 7) is 3.81. The molecule has 7 nitrogen and oxygen atoms in total. The van der Waals surface area contributed by atoms with Gasteiger partial charge in [0.2, 0.25) is 0 Å². The number of carbonyl (C=O) groups is 3. The van der Waals surface area contributed by atoms with Crippen molar-refractivity contribution in [2.24, 2.45) is 0 Å². The number of rotatable bonds is 8. The van der Waals surface area contributed by atoms with Crippen molar-refractivity contribution >= 4 is 17.7 Å². The number of esters is 2. The Kier molecular flexibility index (Phi) is 7.79.